The molecule has 3 aromatic rings. The fourth-order valence-corrected chi connectivity index (χ4v) is 2.18. The number of aromatic nitrogens is 1. The highest BCUT2D eigenvalue weighted by molar-refractivity contribution is 5.89. The van der Waals surface area contributed by atoms with Gasteiger partial charge in [0, 0.05) is 17.6 Å². The molecule has 0 radical (unpaired) electrons. The van der Waals surface area contributed by atoms with Crippen LogP contribution in [0.4, 0.5) is 0 Å². The molecule has 100 valence electrons. The van der Waals surface area contributed by atoms with Crippen LogP contribution in [0.25, 0.3) is 10.9 Å². The molecule has 1 heterocycles. The van der Waals surface area contributed by atoms with Crippen LogP contribution in [0.3, 0.4) is 0 Å². The number of aromatic amines is 1. The smallest absolute Gasteiger partial charge is 0.338 e. The van der Waals surface area contributed by atoms with Gasteiger partial charge < -0.3 is 9.72 Å². The van der Waals surface area contributed by atoms with Gasteiger partial charge in [0.1, 0.15) is 0 Å². The van der Waals surface area contributed by atoms with E-state index < -0.39 is 0 Å². The van der Waals surface area contributed by atoms with Gasteiger partial charge in [0.05, 0.1) is 12.2 Å². The molecule has 0 aliphatic rings. The van der Waals surface area contributed by atoms with E-state index in [-0.39, 0.29) is 5.97 Å². The molecule has 0 spiro atoms. The number of esters is 1. The van der Waals surface area contributed by atoms with Crippen molar-refractivity contribution in [2.75, 3.05) is 6.61 Å². The van der Waals surface area contributed by atoms with E-state index in [1.807, 2.05) is 36.4 Å². The Morgan fingerprint density at radius 1 is 1.00 bits per heavy atom. The van der Waals surface area contributed by atoms with E-state index in [4.69, 9.17) is 4.74 Å². The molecular formula is C17H15NO2. The minimum atomic E-state index is -0.276. The lowest BCUT2D eigenvalue weighted by Gasteiger charge is -2.03. The number of H-pyrrole nitrogens is 1. The Morgan fingerprint density at radius 3 is 2.55 bits per heavy atom. The summed E-state index contributed by atoms with van der Waals surface area (Å²) in [6.07, 6.45) is 0.688. The van der Waals surface area contributed by atoms with Crippen LogP contribution in [0.15, 0.2) is 60.7 Å². The molecule has 3 heteroatoms. The largest absolute Gasteiger partial charge is 0.462 e. The molecule has 0 saturated carbocycles. The van der Waals surface area contributed by atoms with Crippen LogP contribution in [0.1, 0.15) is 16.1 Å². The van der Waals surface area contributed by atoms with E-state index in [9.17, 15) is 4.79 Å². The minimum Gasteiger partial charge on any atom is -0.462 e. The van der Waals surface area contributed by atoms with Crippen LogP contribution in [-0.4, -0.2) is 17.6 Å². The quantitative estimate of drug-likeness (QED) is 0.733. The summed E-state index contributed by atoms with van der Waals surface area (Å²) in [6.45, 7) is 0.376. The van der Waals surface area contributed by atoms with E-state index in [1.54, 1.807) is 12.1 Å². The third-order valence-electron chi connectivity index (χ3n) is 3.20. The van der Waals surface area contributed by atoms with Crippen molar-refractivity contribution in [1.82, 2.24) is 4.98 Å². The summed E-state index contributed by atoms with van der Waals surface area (Å²) in [5.41, 5.74) is 2.77. The summed E-state index contributed by atoms with van der Waals surface area (Å²) in [5, 5.41) is 1.18. The molecule has 0 saturated heterocycles. The number of nitrogens with one attached hydrogen (secondary N) is 1. The second-order valence-electron chi connectivity index (χ2n) is 4.63. The zero-order valence-corrected chi connectivity index (χ0v) is 11.0. The van der Waals surface area contributed by atoms with Crippen molar-refractivity contribution in [2.45, 2.75) is 6.42 Å². The average Bonchev–Trinajstić information content (AvgIpc) is 2.90. The second-order valence-corrected chi connectivity index (χ2v) is 4.63. The third-order valence-corrected chi connectivity index (χ3v) is 3.20. The number of rotatable bonds is 4. The topological polar surface area (TPSA) is 42.1 Å². The molecule has 0 aliphatic carbocycles. The number of para-hydroxylation sites is 1. The maximum absolute atomic E-state index is 11.8. The number of fused-ring (bicyclic) bond motifs is 1. The van der Waals surface area contributed by atoms with Crippen LogP contribution in [0, 0.1) is 0 Å². The van der Waals surface area contributed by atoms with Gasteiger partial charge in [0.15, 0.2) is 0 Å². The normalized spacial score (nSPS) is 10.6. The van der Waals surface area contributed by atoms with Gasteiger partial charge in [-0.1, -0.05) is 36.4 Å². The highest BCUT2D eigenvalue weighted by Gasteiger charge is 2.06. The van der Waals surface area contributed by atoms with Crippen molar-refractivity contribution in [3.8, 4) is 0 Å². The van der Waals surface area contributed by atoms with Gasteiger partial charge in [-0.2, -0.15) is 0 Å². The Labute approximate surface area is 117 Å². The molecular weight excluding hydrogens is 250 g/mol. The summed E-state index contributed by atoms with van der Waals surface area (Å²) in [7, 11) is 0. The van der Waals surface area contributed by atoms with Crippen LogP contribution in [0.2, 0.25) is 0 Å². The van der Waals surface area contributed by atoms with E-state index in [0.717, 1.165) is 11.2 Å². The zero-order chi connectivity index (χ0) is 13.8. The van der Waals surface area contributed by atoms with E-state index >= 15 is 0 Å². The molecule has 3 rings (SSSR count). The van der Waals surface area contributed by atoms with Gasteiger partial charge in [-0.15, -0.1) is 0 Å². The van der Waals surface area contributed by atoms with Crippen LogP contribution >= 0.6 is 0 Å². The van der Waals surface area contributed by atoms with Crippen LogP contribution in [-0.2, 0) is 11.2 Å². The first kappa shape index (κ1) is 12.5. The van der Waals surface area contributed by atoms with E-state index in [1.165, 1.54) is 5.39 Å². The number of hydrogen-bond acceptors (Lipinski definition) is 2. The monoisotopic (exact) mass is 265 g/mol. The van der Waals surface area contributed by atoms with Crippen molar-refractivity contribution >= 4 is 16.9 Å². The Morgan fingerprint density at radius 2 is 1.75 bits per heavy atom. The average molecular weight is 265 g/mol. The first-order chi connectivity index (χ1) is 9.83. The number of hydrogen-bond donors (Lipinski definition) is 1. The van der Waals surface area contributed by atoms with Crippen molar-refractivity contribution in [2.24, 2.45) is 0 Å². The summed E-state index contributed by atoms with van der Waals surface area (Å²) in [4.78, 5) is 15.1. The molecule has 1 aromatic heterocycles. The molecule has 2 aromatic carbocycles. The third kappa shape index (κ3) is 2.72. The van der Waals surface area contributed by atoms with Gasteiger partial charge in [0.25, 0.3) is 0 Å². The summed E-state index contributed by atoms with van der Waals surface area (Å²) in [5.74, 6) is -0.276. The molecule has 0 fully saturated rings. The van der Waals surface area contributed by atoms with Gasteiger partial charge in [0.2, 0.25) is 0 Å². The molecule has 0 bridgehead atoms. The van der Waals surface area contributed by atoms with Gasteiger partial charge >= 0.3 is 5.97 Å². The first-order valence-electron chi connectivity index (χ1n) is 6.62. The minimum absolute atomic E-state index is 0.276. The van der Waals surface area contributed by atoms with Crippen LogP contribution in [0.5, 0.6) is 0 Å². The molecule has 20 heavy (non-hydrogen) atoms. The SMILES string of the molecule is O=C(OCCc1cc2ccccc2[nH]1)c1ccccc1. The molecule has 3 nitrogen and oxygen atoms in total. The molecule has 1 N–H and O–H groups in total. The van der Waals surface area contributed by atoms with Gasteiger partial charge in [-0.05, 0) is 29.7 Å². The van der Waals surface area contributed by atoms with Crippen LogP contribution < -0.4 is 0 Å². The predicted octanol–water partition coefficient (Wildman–Crippen LogP) is 3.57. The Bertz CT molecular complexity index is 683. The first-order valence-corrected chi connectivity index (χ1v) is 6.62. The van der Waals surface area contributed by atoms with Crippen molar-refractivity contribution in [3.05, 3.63) is 71.9 Å². The highest BCUT2D eigenvalue weighted by Crippen LogP contribution is 2.15. The maximum atomic E-state index is 11.8. The lowest BCUT2D eigenvalue weighted by atomic mass is 10.2. The van der Waals surface area contributed by atoms with Crippen molar-refractivity contribution in [3.63, 3.8) is 0 Å². The molecule has 0 amide bonds. The van der Waals surface area contributed by atoms with E-state index in [0.29, 0.717) is 18.6 Å². The lowest BCUT2D eigenvalue weighted by molar-refractivity contribution is 0.0508. The summed E-state index contributed by atoms with van der Waals surface area (Å²) in [6, 6.07) is 19.2. The highest BCUT2D eigenvalue weighted by atomic mass is 16.5. The Hall–Kier alpha value is -2.55. The number of ether oxygens (including phenoxy) is 1. The maximum Gasteiger partial charge on any atom is 0.338 e. The number of benzene rings is 2. The standard InChI is InChI=1S/C17H15NO2/c19-17(13-6-2-1-3-7-13)20-11-10-15-12-14-8-4-5-9-16(14)18-15/h1-9,12,18H,10-11H2. The zero-order valence-electron chi connectivity index (χ0n) is 11.0. The number of carbonyl (C=O) groups excluding carboxylic acids is 1. The fourth-order valence-electron chi connectivity index (χ4n) is 2.18. The second kappa shape index (κ2) is 5.61. The number of carbonyl (C=O) groups is 1. The van der Waals surface area contributed by atoms with Crippen molar-refractivity contribution < 1.29 is 9.53 Å². The summed E-state index contributed by atoms with van der Waals surface area (Å²) >= 11 is 0. The van der Waals surface area contributed by atoms with Gasteiger partial charge in [-0.25, -0.2) is 4.79 Å². The fraction of sp³-hybridized carbons (Fsp3) is 0.118. The Kier molecular flexibility index (Phi) is 3.50. The lowest BCUT2D eigenvalue weighted by Crippen LogP contribution is -2.08. The van der Waals surface area contributed by atoms with Crippen molar-refractivity contribution in [1.29, 1.82) is 0 Å². The molecule has 0 aliphatic heterocycles. The molecule has 0 unspecified atom stereocenters. The summed E-state index contributed by atoms with van der Waals surface area (Å²) < 4.78 is 5.27. The molecule has 0 atom stereocenters. The Balaban J connectivity index is 1.58. The van der Waals surface area contributed by atoms with Gasteiger partial charge in [-0.3, -0.25) is 0 Å². The predicted molar refractivity (Wildman–Crippen MR) is 78.7 cm³/mol. The van der Waals surface area contributed by atoms with E-state index in [2.05, 4.69) is 17.1 Å².